The van der Waals surface area contributed by atoms with E-state index in [2.05, 4.69) is 71.0 Å². The van der Waals surface area contributed by atoms with Crippen LogP contribution in [0.3, 0.4) is 0 Å². The zero-order valence-electron chi connectivity index (χ0n) is 16.5. The minimum atomic E-state index is 0.114. The Morgan fingerprint density at radius 2 is 1.93 bits per heavy atom. The first-order valence-electron chi connectivity index (χ1n) is 9.78. The second-order valence-electron chi connectivity index (χ2n) is 7.02. The van der Waals surface area contributed by atoms with Crippen molar-refractivity contribution in [2.24, 2.45) is 0 Å². The second kappa shape index (κ2) is 8.82. The van der Waals surface area contributed by atoms with Crippen LogP contribution in [0, 0.1) is 6.92 Å². The fraction of sp³-hybridized carbons (Fsp3) is 0.208. The molecular formula is C24H25N2O2S+. The summed E-state index contributed by atoms with van der Waals surface area (Å²) in [5.74, 6) is 0. The van der Waals surface area contributed by atoms with E-state index < -0.39 is 0 Å². The molecule has 2 heterocycles. The Balaban J connectivity index is 1.64. The van der Waals surface area contributed by atoms with Crippen LogP contribution in [0.1, 0.15) is 11.1 Å². The number of aliphatic hydroxyl groups excluding tert-OH is 2. The van der Waals surface area contributed by atoms with Crippen molar-refractivity contribution >= 4 is 34.4 Å². The van der Waals surface area contributed by atoms with Crippen molar-refractivity contribution in [3.63, 3.8) is 0 Å². The molecule has 148 valence electrons. The topological polar surface area (TPSA) is 47.6 Å². The van der Waals surface area contributed by atoms with Gasteiger partial charge in [-0.2, -0.15) is 4.57 Å². The van der Waals surface area contributed by atoms with Crippen molar-refractivity contribution in [3.05, 3.63) is 83.0 Å². The lowest BCUT2D eigenvalue weighted by Gasteiger charge is -2.18. The molecule has 2 N–H and O–H groups in total. The lowest BCUT2D eigenvalue weighted by atomic mass is 10.1. The van der Waals surface area contributed by atoms with Gasteiger partial charge in [0, 0.05) is 23.6 Å². The van der Waals surface area contributed by atoms with Gasteiger partial charge in [0.2, 0.25) is 5.52 Å². The quantitative estimate of drug-likeness (QED) is 0.611. The number of pyridine rings is 1. The van der Waals surface area contributed by atoms with Gasteiger partial charge >= 0.3 is 0 Å². The van der Waals surface area contributed by atoms with Gasteiger partial charge in [-0.3, -0.25) is 0 Å². The van der Waals surface area contributed by atoms with E-state index in [4.69, 9.17) is 0 Å². The first-order chi connectivity index (χ1) is 14.2. The number of aliphatic hydroxyl groups is 2. The van der Waals surface area contributed by atoms with Crippen molar-refractivity contribution in [2.75, 3.05) is 24.7 Å². The lowest BCUT2D eigenvalue weighted by molar-refractivity contribution is -0.672. The SMILES string of the molecule is Cc1ccc2c(c1)S/C(=C/C=C/c1cc[n+](CCO)c3ccccc13)N2CCO. The molecule has 0 saturated heterocycles. The summed E-state index contributed by atoms with van der Waals surface area (Å²) in [7, 11) is 0. The third-order valence-electron chi connectivity index (χ3n) is 5.02. The van der Waals surface area contributed by atoms with Crippen LogP contribution in [-0.4, -0.2) is 30.0 Å². The van der Waals surface area contributed by atoms with Crippen molar-refractivity contribution < 1.29 is 14.8 Å². The zero-order valence-corrected chi connectivity index (χ0v) is 17.3. The molecule has 1 aromatic heterocycles. The molecule has 0 aliphatic carbocycles. The number of nitrogens with zero attached hydrogens (tertiary/aromatic N) is 2. The Morgan fingerprint density at radius 3 is 2.76 bits per heavy atom. The monoisotopic (exact) mass is 405 g/mol. The molecule has 0 amide bonds. The minimum absolute atomic E-state index is 0.114. The number of benzene rings is 2. The van der Waals surface area contributed by atoms with Gasteiger partial charge in [0.05, 0.1) is 22.7 Å². The number of para-hydroxylation sites is 1. The van der Waals surface area contributed by atoms with E-state index >= 15 is 0 Å². The van der Waals surface area contributed by atoms with Gasteiger partial charge in [0.15, 0.2) is 12.7 Å². The number of allylic oxidation sites excluding steroid dienone is 2. The number of aromatic nitrogens is 1. The van der Waals surface area contributed by atoms with Gasteiger partial charge in [0.1, 0.15) is 6.61 Å². The largest absolute Gasteiger partial charge is 0.395 e. The summed E-state index contributed by atoms with van der Waals surface area (Å²) >= 11 is 1.74. The second-order valence-corrected chi connectivity index (χ2v) is 8.08. The van der Waals surface area contributed by atoms with E-state index in [0.717, 1.165) is 27.2 Å². The van der Waals surface area contributed by atoms with E-state index in [1.165, 1.54) is 10.5 Å². The molecule has 0 radical (unpaired) electrons. The highest BCUT2D eigenvalue weighted by atomic mass is 32.2. The molecule has 4 rings (SSSR count). The fourth-order valence-electron chi connectivity index (χ4n) is 3.66. The highest BCUT2D eigenvalue weighted by Gasteiger charge is 2.24. The van der Waals surface area contributed by atoms with Gasteiger partial charge in [-0.1, -0.05) is 42.1 Å². The molecule has 1 aliphatic heterocycles. The number of rotatable bonds is 6. The molecule has 4 nitrogen and oxygen atoms in total. The molecule has 3 aromatic rings. The van der Waals surface area contributed by atoms with Crippen LogP contribution in [0.5, 0.6) is 0 Å². The van der Waals surface area contributed by atoms with E-state index in [-0.39, 0.29) is 13.2 Å². The summed E-state index contributed by atoms with van der Waals surface area (Å²) in [6.45, 7) is 3.50. The number of anilines is 1. The molecule has 29 heavy (non-hydrogen) atoms. The molecule has 1 aliphatic rings. The maximum Gasteiger partial charge on any atom is 0.213 e. The smallest absolute Gasteiger partial charge is 0.213 e. The molecule has 0 saturated carbocycles. The average molecular weight is 406 g/mol. The van der Waals surface area contributed by atoms with Gasteiger partial charge in [-0.15, -0.1) is 0 Å². The van der Waals surface area contributed by atoms with Crippen molar-refractivity contribution in [1.82, 2.24) is 0 Å². The molecular weight excluding hydrogens is 380 g/mol. The van der Waals surface area contributed by atoms with Gasteiger partial charge in [-0.25, -0.2) is 0 Å². The summed E-state index contributed by atoms with van der Waals surface area (Å²) in [5, 5.41) is 21.1. The average Bonchev–Trinajstić information content (AvgIpc) is 3.06. The highest BCUT2D eigenvalue weighted by Crippen LogP contribution is 2.46. The first kappa shape index (κ1) is 19.7. The van der Waals surface area contributed by atoms with Crippen LogP contribution < -0.4 is 9.47 Å². The number of aryl methyl sites for hydroxylation is 1. The first-order valence-corrected chi connectivity index (χ1v) is 10.6. The van der Waals surface area contributed by atoms with Crippen LogP contribution in [0.4, 0.5) is 5.69 Å². The molecule has 0 spiro atoms. The summed E-state index contributed by atoms with van der Waals surface area (Å²) in [6, 6.07) is 16.8. The third-order valence-corrected chi connectivity index (χ3v) is 6.14. The number of fused-ring (bicyclic) bond motifs is 2. The maximum absolute atomic E-state index is 9.50. The summed E-state index contributed by atoms with van der Waals surface area (Å²) in [5.41, 5.74) is 4.64. The van der Waals surface area contributed by atoms with E-state index in [9.17, 15) is 10.2 Å². The van der Waals surface area contributed by atoms with Crippen molar-refractivity contribution in [1.29, 1.82) is 0 Å². The fourth-order valence-corrected chi connectivity index (χ4v) is 4.86. The predicted octanol–water partition coefficient (Wildman–Crippen LogP) is 3.89. The highest BCUT2D eigenvalue weighted by molar-refractivity contribution is 8.03. The molecule has 0 atom stereocenters. The normalized spacial score (nSPS) is 15.0. The number of thioether (sulfide) groups is 1. The standard InChI is InChI=1S/C24H25N2O2S/c1-18-9-10-22-23(17-18)29-24(26(22)14-16-28)8-4-5-19-11-12-25(13-15-27)21-7-3-2-6-20(19)21/h2-12,17,27-28H,13-16H2,1H3/q+1. The van der Waals surface area contributed by atoms with Crippen LogP contribution in [0.2, 0.25) is 0 Å². The van der Waals surface area contributed by atoms with Gasteiger partial charge in [0.25, 0.3) is 0 Å². The number of hydrogen-bond acceptors (Lipinski definition) is 4. The van der Waals surface area contributed by atoms with E-state index in [1.807, 2.05) is 18.3 Å². The molecule has 0 unspecified atom stereocenters. The number of β-amino-alcohol motifs (C(OH)–C–C–N with tert-alkyl or cyclic N) is 1. The predicted molar refractivity (Wildman–Crippen MR) is 120 cm³/mol. The van der Waals surface area contributed by atoms with Crippen molar-refractivity contribution in [2.45, 2.75) is 18.4 Å². The van der Waals surface area contributed by atoms with Crippen LogP contribution in [0.25, 0.3) is 17.0 Å². The van der Waals surface area contributed by atoms with Gasteiger partial charge < -0.3 is 15.1 Å². The summed E-state index contributed by atoms with van der Waals surface area (Å²) in [6.07, 6.45) is 8.32. The Labute approximate surface area is 175 Å². The Morgan fingerprint density at radius 1 is 1.07 bits per heavy atom. The van der Waals surface area contributed by atoms with E-state index in [1.54, 1.807) is 11.8 Å². The summed E-state index contributed by atoms with van der Waals surface area (Å²) in [4.78, 5) is 3.40. The van der Waals surface area contributed by atoms with Crippen LogP contribution in [-0.2, 0) is 6.54 Å². The zero-order chi connectivity index (χ0) is 20.2. The van der Waals surface area contributed by atoms with Gasteiger partial charge in [-0.05, 0) is 42.3 Å². The van der Waals surface area contributed by atoms with Crippen LogP contribution >= 0.6 is 11.8 Å². The van der Waals surface area contributed by atoms with Crippen molar-refractivity contribution in [3.8, 4) is 0 Å². The Bertz CT molecular complexity index is 1090. The number of hydrogen-bond donors (Lipinski definition) is 2. The minimum Gasteiger partial charge on any atom is -0.395 e. The Kier molecular flexibility index (Phi) is 6.00. The maximum atomic E-state index is 9.50. The lowest BCUT2D eigenvalue weighted by Crippen LogP contribution is -2.36. The molecule has 0 fully saturated rings. The van der Waals surface area contributed by atoms with E-state index in [0.29, 0.717) is 13.1 Å². The molecule has 2 aromatic carbocycles. The molecule has 0 bridgehead atoms. The third kappa shape index (κ3) is 4.08. The van der Waals surface area contributed by atoms with Crippen LogP contribution in [0.15, 0.2) is 76.8 Å². The molecule has 5 heteroatoms. The Hall–Kier alpha value is -2.60. The summed E-state index contributed by atoms with van der Waals surface area (Å²) < 4.78 is 2.07.